The number of halogens is 2. The van der Waals surface area contributed by atoms with Crippen molar-refractivity contribution >= 4 is 33.4 Å². The van der Waals surface area contributed by atoms with E-state index in [4.69, 9.17) is 16.9 Å². The predicted octanol–water partition coefficient (Wildman–Crippen LogP) is 3.90. The second-order valence-electron chi connectivity index (χ2n) is 4.12. The van der Waals surface area contributed by atoms with E-state index in [1.54, 1.807) is 36.4 Å². The first-order valence-corrected chi connectivity index (χ1v) is 6.99. The van der Waals surface area contributed by atoms with Crippen molar-refractivity contribution < 1.29 is 4.79 Å². The molecule has 0 fully saturated rings. The summed E-state index contributed by atoms with van der Waals surface area (Å²) < 4.78 is 0.647. The number of carbonyl (C=O) groups is 1. The predicted molar refractivity (Wildman–Crippen MR) is 81.5 cm³/mol. The van der Waals surface area contributed by atoms with Crippen molar-refractivity contribution in [3.8, 4) is 6.07 Å². The minimum Gasteiger partial charge on any atom is -0.348 e. The molecular weight excluding hydrogens is 340 g/mol. The summed E-state index contributed by atoms with van der Waals surface area (Å²) >= 11 is 9.14. The van der Waals surface area contributed by atoms with E-state index in [0.29, 0.717) is 27.2 Å². The van der Waals surface area contributed by atoms with Gasteiger partial charge in [0.25, 0.3) is 5.91 Å². The molecule has 0 aromatic heterocycles. The first-order valence-electron chi connectivity index (χ1n) is 5.82. The van der Waals surface area contributed by atoms with Crippen LogP contribution in [-0.2, 0) is 6.54 Å². The molecule has 20 heavy (non-hydrogen) atoms. The number of nitriles is 1. The Bertz CT molecular complexity index is 695. The summed E-state index contributed by atoms with van der Waals surface area (Å²) in [6.07, 6.45) is 0. The van der Waals surface area contributed by atoms with E-state index >= 15 is 0 Å². The van der Waals surface area contributed by atoms with Crippen LogP contribution in [0.2, 0.25) is 5.02 Å². The quantitative estimate of drug-likeness (QED) is 0.913. The number of hydrogen-bond donors (Lipinski definition) is 1. The lowest BCUT2D eigenvalue weighted by atomic mass is 10.1. The molecule has 0 spiro atoms. The first-order chi connectivity index (χ1) is 9.60. The van der Waals surface area contributed by atoms with Gasteiger partial charge in [0.05, 0.1) is 17.2 Å². The number of nitrogens with one attached hydrogen (secondary N) is 1. The van der Waals surface area contributed by atoms with Gasteiger partial charge >= 0.3 is 0 Å². The summed E-state index contributed by atoms with van der Waals surface area (Å²) in [5.41, 5.74) is 1.97. The van der Waals surface area contributed by atoms with Crippen LogP contribution in [0.15, 0.2) is 46.9 Å². The van der Waals surface area contributed by atoms with Gasteiger partial charge in [0.2, 0.25) is 0 Å². The molecular formula is C15H10BrClN2O. The molecule has 0 aliphatic heterocycles. The van der Waals surface area contributed by atoms with Gasteiger partial charge in [-0.2, -0.15) is 5.26 Å². The summed E-state index contributed by atoms with van der Waals surface area (Å²) in [5.74, 6) is -0.198. The van der Waals surface area contributed by atoms with Gasteiger partial charge in [0.1, 0.15) is 0 Å². The number of nitrogens with zero attached hydrogens (tertiary/aromatic N) is 1. The Balaban J connectivity index is 2.07. The zero-order valence-corrected chi connectivity index (χ0v) is 12.7. The number of amides is 1. The molecule has 0 bridgehead atoms. The second kappa shape index (κ2) is 6.56. The zero-order chi connectivity index (χ0) is 14.5. The lowest BCUT2D eigenvalue weighted by Gasteiger charge is -2.07. The van der Waals surface area contributed by atoms with E-state index in [-0.39, 0.29) is 5.91 Å². The molecule has 0 unspecified atom stereocenters. The lowest BCUT2D eigenvalue weighted by Crippen LogP contribution is -2.23. The van der Waals surface area contributed by atoms with Crippen molar-refractivity contribution in [1.29, 1.82) is 5.26 Å². The lowest BCUT2D eigenvalue weighted by molar-refractivity contribution is 0.0950. The normalized spacial score (nSPS) is 9.85. The topological polar surface area (TPSA) is 52.9 Å². The number of carbonyl (C=O) groups excluding carboxylic acids is 1. The van der Waals surface area contributed by atoms with Crippen molar-refractivity contribution in [3.63, 3.8) is 0 Å². The largest absolute Gasteiger partial charge is 0.348 e. The summed E-state index contributed by atoms with van der Waals surface area (Å²) in [7, 11) is 0. The van der Waals surface area contributed by atoms with Crippen LogP contribution in [0.5, 0.6) is 0 Å². The minimum absolute atomic E-state index is 0.198. The maximum absolute atomic E-state index is 12.1. The summed E-state index contributed by atoms with van der Waals surface area (Å²) in [5, 5.41) is 12.2. The van der Waals surface area contributed by atoms with Crippen LogP contribution in [0.25, 0.3) is 0 Å². The van der Waals surface area contributed by atoms with E-state index in [0.717, 1.165) is 5.56 Å². The molecule has 3 nitrogen and oxygen atoms in total. The third-order valence-corrected chi connectivity index (χ3v) is 3.58. The van der Waals surface area contributed by atoms with Gasteiger partial charge in [0, 0.05) is 16.0 Å². The highest BCUT2D eigenvalue weighted by atomic mass is 79.9. The Morgan fingerprint density at radius 3 is 2.80 bits per heavy atom. The van der Waals surface area contributed by atoms with Gasteiger partial charge in [-0.25, -0.2) is 0 Å². The van der Waals surface area contributed by atoms with Crippen LogP contribution in [0, 0.1) is 11.3 Å². The highest BCUT2D eigenvalue weighted by Crippen LogP contribution is 2.21. The van der Waals surface area contributed by atoms with Gasteiger partial charge < -0.3 is 5.32 Å². The molecule has 0 atom stereocenters. The van der Waals surface area contributed by atoms with E-state index in [9.17, 15) is 4.79 Å². The Morgan fingerprint density at radius 2 is 2.10 bits per heavy atom. The summed E-state index contributed by atoms with van der Waals surface area (Å²) in [6, 6.07) is 14.2. The Hall–Kier alpha value is -1.83. The van der Waals surface area contributed by atoms with Crippen LogP contribution in [0.3, 0.4) is 0 Å². The molecule has 100 valence electrons. The molecule has 2 aromatic carbocycles. The Labute approximate surface area is 130 Å². The van der Waals surface area contributed by atoms with Gasteiger partial charge in [-0.3, -0.25) is 4.79 Å². The van der Waals surface area contributed by atoms with E-state index in [1.807, 2.05) is 6.07 Å². The van der Waals surface area contributed by atoms with Gasteiger partial charge in [-0.15, -0.1) is 0 Å². The molecule has 1 amide bonds. The fraction of sp³-hybridized carbons (Fsp3) is 0.0667. The van der Waals surface area contributed by atoms with Crippen LogP contribution in [0.1, 0.15) is 21.5 Å². The SMILES string of the molecule is N#Cc1cccc(CNC(=O)c2ccc(Cl)cc2Br)c1. The zero-order valence-electron chi connectivity index (χ0n) is 10.4. The van der Waals surface area contributed by atoms with E-state index in [2.05, 4.69) is 27.3 Å². The highest BCUT2D eigenvalue weighted by molar-refractivity contribution is 9.10. The van der Waals surface area contributed by atoms with E-state index < -0.39 is 0 Å². The van der Waals surface area contributed by atoms with E-state index in [1.165, 1.54) is 0 Å². The average molecular weight is 350 g/mol. The molecule has 0 heterocycles. The molecule has 2 rings (SSSR count). The summed E-state index contributed by atoms with van der Waals surface area (Å²) in [6.45, 7) is 0.365. The molecule has 0 radical (unpaired) electrons. The average Bonchev–Trinajstić information content (AvgIpc) is 2.45. The first kappa shape index (κ1) is 14.6. The van der Waals surface area contributed by atoms with Gasteiger partial charge in [-0.1, -0.05) is 23.7 Å². The van der Waals surface area contributed by atoms with Crippen LogP contribution in [0.4, 0.5) is 0 Å². The molecule has 5 heteroatoms. The fourth-order valence-corrected chi connectivity index (χ4v) is 2.56. The maximum Gasteiger partial charge on any atom is 0.252 e. The van der Waals surface area contributed by atoms with Gasteiger partial charge in [0.15, 0.2) is 0 Å². The summed E-state index contributed by atoms with van der Waals surface area (Å²) in [4.78, 5) is 12.1. The number of benzene rings is 2. The molecule has 0 saturated heterocycles. The van der Waals surface area contributed by atoms with Crippen molar-refractivity contribution in [2.24, 2.45) is 0 Å². The van der Waals surface area contributed by atoms with Crippen LogP contribution in [-0.4, -0.2) is 5.91 Å². The smallest absolute Gasteiger partial charge is 0.252 e. The molecule has 0 aliphatic rings. The van der Waals surface area contributed by atoms with Crippen molar-refractivity contribution in [2.75, 3.05) is 0 Å². The maximum atomic E-state index is 12.1. The monoisotopic (exact) mass is 348 g/mol. The Morgan fingerprint density at radius 1 is 1.30 bits per heavy atom. The molecule has 0 saturated carbocycles. The highest BCUT2D eigenvalue weighted by Gasteiger charge is 2.10. The standard InChI is InChI=1S/C15H10BrClN2O/c16-14-7-12(17)4-5-13(14)15(20)19-9-11-3-1-2-10(6-11)8-18/h1-7H,9H2,(H,19,20). The van der Waals surface area contributed by atoms with Crippen molar-refractivity contribution in [2.45, 2.75) is 6.54 Å². The van der Waals surface area contributed by atoms with Gasteiger partial charge in [-0.05, 0) is 51.8 Å². The molecule has 2 aromatic rings. The number of hydrogen-bond acceptors (Lipinski definition) is 2. The van der Waals surface area contributed by atoms with Crippen molar-refractivity contribution in [1.82, 2.24) is 5.32 Å². The molecule has 1 N–H and O–H groups in total. The second-order valence-corrected chi connectivity index (χ2v) is 5.41. The fourth-order valence-electron chi connectivity index (χ4n) is 1.70. The number of rotatable bonds is 3. The minimum atomic E-state index is -0.198. The Kier molecular flexibility index (Phi) is 4.78. The van der Waals surface area contributed by atoms with Crippen LogP contribution >= 0.6 is 27.5 Å². The third-order valence-electron chi connectivity index (χ3n) is 2.68. The molecule has 0 aliphatic carbocycles. The van der Waals surface area contributed by atoms with Crippen LogP contribution < -0.4 is 5.32 Å². The third kappa shape index (κ3) is 3.60. The van der Waals surface area contributed by atoms with Crippen molar-refractivity contribution in [3.05, 3.63) is 68.7 Å².